The first-order valence-corrected chi connectivity index (χ1v) is 33.6. The number of likely N-dealkylation sites (tertiary alicyclic amines) is 1. The van der Waals surface area contributed by atoms with Gasteiger partial charge in [-0.2, -0.15) is 30.4 Å². The van der Waals surface area contributed by atoms with E-state index in [-0.39, 0.29) is 125 Å². The summed E-state index contributed by atoms with van der Waals surface area (Å²) < 4.78 is 123. The van der Waals surface area contributed by atoms with Gasteiger partial charge in [-0.25, -0.2) is 4.79 Å². The van der Waals surface area contributed by atoms with Crippen LogP contribution in [-0.4, -0.2) is 173 Å². The Kier molecular flexibility index (Phi) is 42.2. The van der Waals surface area contributed by atoms with Gasteiger partial charge in [0.1, 0.15) is 16.8 Å². The molecule has 14 nitrogen and oxygen atoms in total. The summed E-state index contributed by atoms with van der Waals surface area (Å²) in [6, 6.07) is 14.8. The number of hydrogen-bond acceptors (Lipinski definition) is 19. The van der Waals surface area contributed by atoms with Gasteiger partial charge < -0.3 is 34.9 Å². The van der Waals surface area contributed by atoms with Gasteiger partial charge in [0, 0.05) is 77.7 Å². The number of hydrogen-bond donors (Lipinski definition) is 4. The van der Waals surface area contributed by atoms with Crippen molar-refractivity contribution in [3.63, 3.8) is 0 Å². The van der Waals surface area contributed by atoms with E-state index in [1.165, 1.54) is 53.1 Å². The molecule has 0 saturated carbocycles. The molecule has 10 rings (SSSR count). The van der Waals surface area contributed by atoms with Gasteiger partial charge in [0.15, 0.2) is 16.0 Å². The molecule has 5 aliphatic heterocycles. The van der Waals surface area contributed by atoms with Crippen LogP contribution in [0.15, 0.2) is 59.3 Å². The van der Waals surface area contributed by atoms with Gasteiger partial charge in [0.05, 0.1) is 19.8 Å². The van der Waals surface area contributed by atoms with E-state index in [1.807, 2.05) is 38.3 Å². The molecular weight excluding hydrogens is 1710 g/mol. The van der Waals surface area contributed by atoms with Gasteiger partial charge >= 0.3 is 220 Å². The number of Topliss-reactive ketones (excluding diaryl/α,β-unsaturated/α-hetero) is 1. The number of thiol groups is 2. The second-order valence-corrected chi connectivity index (χ2v) is 26.7. The summed E-state index contributed by atoms with van der Waals surface area (Å²) in [6.07, 6.45) is 6.31. The van der Waals surface area contributed by atoms with E-state index in [0.29, 0.717) is 30.6 Å². The van der Waals surface area contributed by atoms with Crippen molar-refractivity contribution in [2.45, 2.75) is 94.4 Å². The van der Waals surface area contributed by atoms with E-state index in [2.05, 4.69) is 43.8 Å². The number of amides is 1. The minimum atomic E-state index is -5.84. The molecule has 0 aliphatic carbocycles. The Morgan fingerprint density at radius 3 is 1.56 bits per heavy atom. The number of carbonyl (C=O) groups excluding carboxylic acids is 2. The Balaban J connectivity index is 0.000000936. The zero-order valence-electron chi connectivity index (χ0n) is 45.5. The average Bonchev–Trinajstić information content (AvgIpc) is 4.21. The molecule has 10 heterocycles. The van der Waals surface area contributed by atoms with Crippen LogP contribution in [0, 0.1) is 15.4 Å². The van der Waals surface area contributed by atoms with Gasteiger partial charge in [-0.05, 0) is 70.3 Å². The van der Waals surface area contributed by atoms with E-state index >= 15 is 0 Å². The molecule has 2 radical (unpaired) electrons. The van der Waals surface area contributed by atoms with Crippen LogP contribution in [0.5, 0.6) is 0 Å². The normalized spacial score (nSPS) is 18.3. The number of aliphatic hydroxyl groups is 1. The first-order chi connectivity index (χ1) is 36.9. The third kappa shape index (κ3) is 29.5. The van der Waals surface area contributed by atoms with Crippen molar-refractivity contribution in [1.82, 2.24) is 15.5 Å². The van der Waals surface area contributed by atoms with Crippen LogP contribution in [0.3, 0.4) is 0 Å². The Hall–Kier alpha value is 0.634. The van der Waals surface area contributed by atoms with Crippen molar-refractivity contribution >= 4 is 196 Å². The van der Waals surface area contributed by atoms with Crippen molar-refractivity contribution in [2.75, 3.05) is 72.3 Å². The molecule has 464 valence electrons. The van der Waals surface area contributed by atoms with Crippen molar-refractivity contribution < 1.29 is 76.6 Å². The van der Waals surface area contributed by atoms with Crippen LogP contribution in [0.2, 0.25) is 0 Å². The molecule has 3 saturated heterocycles. The molecule has 5 aromatic heterocycles. The van der Waals surface area contributed by atoms with Crippen molar-refractivity contribution in [2.24, 2.45) is 0 Å². The van der Waals surface area contributed by atoms with E-state index in [1.54, 1.807) is 40.9 Å². The van der Waals surface area contributed by atoms with Gasteiger partial charge in [-0.1, -0.05) is 6.07 Å². The number of alkyl halides is 3. The quantitative estimate of drug-likeness (QED) is 0.0169. The topological polar surface area (TPSA) is 182 Å². The zero-order valence-corrected chi connectivity index (χ0v) is 71.2. The molecule has 2 unspecified atom stereocenters. The SMILES string of the molecule is CC(C)(C)OC(=O)N1CCC(=O)C1.Cl.Cl.Fc1cc2c(s1)CCOC21CCNC1.Fc1cc2c(s1)CCOC21CCNC1.Fc1ccc(CCO[SH-]#P)s1.O=S(=O)(O)C(F)(F)F.OCCc1cccs1.P#[SH-]OCCc1cccs1.[TlH2].[TlH2]. The molecule has 0 bridgehead atoms. The predicted octanol–water partition coefficient (Wildman–Crippen LogP) is 10.0. The number of fused-ring (bicyclic) bond motifs is 4. The zero-order chi connectivity index (χ0) is 57.4. The Morgan fingerprint density at radius 1 is 0.756 bits per heavy atom. The molecule has 5 aromatic rings. The van der Waals surface area contributed by atoms with E-state index in [4.69, 9.17) is 40.7 Å². The molecule has 1 amide bonds. The van der Waals surface area contributed by atoms with E-state index in [0.717, 1.165) is 129 Å². The van der Waals surface area contributed by atoms with Crippen LogP contribution in [0.4, 0.5) is 31.1 Å². The monoisotopic (exact) mass is 1780 g/mol. The van der Waals surface area contributed by atoms with Crippen molar-refractivity contribution in [1.29, 1.82) is 0 Å². The predicted molar refractivity (Wildman–Crippen MR) is 337 cm³/mol. The Bertz CT molecular complexity index is 2740. The summed E-state index contributed by atoms with van der Waals surface area (Å²) in [5.41, 5.74) is -4.26. The van der Waals surface area contributed by atoms with Gasteiger partial charge in [-0.15, -0.1) is 58.8 Å². The number of carbonyl (C=O) groups is 2. The number of aliphatic hydroxyl groups excluding tert-OH is 1. The summed E-state index contributed by atoms with van der Waals surface area (Å²) in [5.74, 6) is 0.103. The van der Waals surface area contributed by atoms with Crippen LogP contribution in [0.25, 0.3) is 0 Å². The van der Waals surface area contributed by atoms with Gasteiger partial charge in [-0.3, -0.25) is 9.35 Å². The molecule has 82 heavy (non-hydrogen) atoms. The summed E-state index contributed by atoms with van der Waals surface area (Å²) in [7, 11) is 1.92. The fourth-order valence-corrected chi connectivity index (χ4v) is 12.6. The van der Waals surface area contributed by atoms with Gasteiger partial charge in [0.2, 0.25) is 0 Å². The van der Waals surface area contributed by atoms with Crippen LogP contribution >= 0.6 is 97.1 Å². The van der Waals surface area contributed by atoms with Crippen LogP contribution in [-0.2, 0) is 103 Å². The van der Waals surface area contributed by atoms with Crippen LogP contribution < -0.4 is 10.6 Å². The Labute approximate surface area is 558 Å². The molecule has 2 spiro atoms. The number of nitrogens with one attached hydrogen (secondary N) is 2. The molecule has 5 aliphatic rings. The summed E-state index contributed by atoms with van der Waals surface area (Å²) >= 11 is 8.52. The number of ketones is 1. The second-order valence-electron chi connectivity index (χ2n) is 18.1. The maximum atomic E-state index is 13.2. The van der Waals surface area contributed by atoms with Crippen LogP contribution in [0.1, 0.15) is 75.5 Å². The molecule has 4 N–H and O–H groups in total. The number of rotatable bonds is 8. The number of ether oxygens (including phenoxy) is 3. The third-order valence-corrected chi connectivity index (χ3v) is 17.9. The maximum absolute atomic E-state index is 13.2. The standard InChI is InChI=1S/2C10H12FNOS.C9H15NO3.C6H7FOPS2.C6H8OPS2.C6H8OS.CHF3O3S.2ClH.2Tl.4H/c2*11-9-5-7-8(14-9)1-4-13-10(7)2-3-12-6-10;1-9(2,3)13-8(12)10-5-4-7(11)6-10;7-6-2-1-5(10-6)3-4-8-11-9;8-10-7-4-3-6-2-1-5-9-6;7-4-3-6-2-1-5-8-6;2-1(3,4)8(5,6)7;;;;;;;;/h2*5,12H,1-4,6H2;4-6H2,1-3H3;1-2,11H,3-4H2;1-2,5,10H,3-4H2;1-2,5,7H,3-4H2;(H,5,6,7);2*1H;;;;;;/q;;;2*-1;;;;;;;;;;. The van der Waals surface area contributed by atoms with E-state index in [9.17, 15) is 35.9 Å². The van der Waals surface area contributed by atoms with Crippen molar-refractivity contribution in [3.8, 4) is 0 Å². The first kappa shape index (κ1) is 82.6. The fraction of sp³-hybridized carbons (Fsp3) is 0.542. The summed E-state index contributed by atoms with van der Waals surface area (Å²) in [6.45, 7) is 12.8. The first-order valence-electron chi connectivity index (χ1n) is 24.1. The molecule has 0 aromatic carbocycles. The summed E-state index contributed by atoms with van der Waals surface area (Å²) in [5, 5.41) is 18.8. The summed E-state index contributed by atoms with van der Waals surface area (Å²) in [4.78, 5) is 29.7. The molecule has 2 atom stereocenters. The fourth-order valence-electron chi connectivity index (χ4n) is 7.81. The third-order valence-electron chi connectivity index (χ3n) is 11.3. The molecule has 3 fully saturated rings. The second kappa shape index (κ2) is 41.8. The van der Waals surface area contributed by atoms with Crippen molar-refractivity contribution in [3.05, 3.63) is 110 Å². The number of halogens is 8. The number of thiophene rings is 5. The molecule has 34 heteroatoms. The Morgan fingerprint density at radius 2 is 1.22 bits per heavy atom. The average molecular weight is 1780 g/mol. The minimum absolute atomic E-state index is 0. The number of nitrogens with zero attached hydrogens (tertiary/aromatic N) is 1. The van der Waals surface area contributed by atoms with E-state index < -0.39 is 27.3 Å². The molecular formula is C48H69Cl2F6N3O11P2S8Tl2-2. The van der Waals surface area contributed by atoms with Gasteiger partial charge in [0.25, 0.3) is 0 Å².